The molecule has 0 spiro atoms. The number of amides is 2. The fourth-order valence-electron chi connectivity index (χ4n) is 3.98. The molecule has 2 aromatic carbocycles. The molecule has 0 saturated heterocycles. The van der Waals surface area contributed by atoms with E-state index in [-0.39, 0.29) is 29.7 Å². The predicted octanol–water partition coefficient (Wildman–Crippen LogP) is 4.12. The second-order valence-electron chi connectivity index (χ2n) is 10.7. The van der Waals surface area contributed by atoms with Crippen LogP contribution in [0.2, 0.25) is 0 Å². The smallest absolute Gasteiger partial charge is 0.320 e. The van der Waals surface area contributed by atoms with Gasteiger partial charge in [-0.25, -0.2) is 0 Å². The highest BCUT2D eigenvalue weighted by Gasteiger charge is 2.28. The molecule has 1 heterocycles. The summed E-state index contributed by atoms with van der Waals surface area (Å²) in [6.07, 6.45) is 1.24. The lowest BCUT2D eigenvalue weighted by atomic mass is 9.99. The van der Waals surface area contributed by atoms with Gasteiger partial charge in [0, 0.05) is 37.7 Å². The van der Waals surface area contributed by atoms with Crippen molar-refractivity contribution < 1.29 is 23.9 Å². The molecule has 0 atom stereocenters. The second kappa shape index (κ2) is 13.3. The van der Waals surface area contributed by atoms with E-state index in [2.05, 4.69) is 5.43 Å². The lowest BCUT2D eigenvalue weighted by molar-refractivity contribution is -0.148. The zero-order valence-corrected chi connectivity index (χ0v) is 23.2. The van der Waals surface area contributed by atoms with Crippen molar-refractivity contribution in [1.82, 2.24) is 10.3 Å². The summed E-state index contributed by atoms with van der Waals surface area (Å²) in [5, 5.41) is 1.74. The van der Waals surface area contributed by atoms with Crippen molar-refractivity contribution in [3.63, 3.8) is 0 Å². The highest BCUT2D eigenvalue weighted by atomic mass is 16.5. The van der Waals surface area contributed by atoms with Crippen molar-refractivity contribution in [2.24, 2.45) is 5.41 Å². The van der Waals surface area contributed by atoms with Crippen LogP contribution in [0.5, 0.6) is 5.75 Å². The topological polar surface area (TPSA) is 91.4 Å². The Bertz CT molecular complexity index is 1100. The zero-order valence-electron chi connectivity index (χ0n) is 23.2. The molecule has 2 aromatic rings. The molecular weight excluding hydrogens is 484 g/mol. The van der Waals surface area contributed by atoms with Gasteiger partial charge in [0.1, 0.15) is 5.75 Å². The molecule has 3 rings (SSSR count). The summed E-state index contributed by atoms with van der Waals surface area (Å²) < 4.78 is 11.6. The number of nitrogens with zero attached hydrogens (tertiary/aromatic N) is 3. The van der Waals surface area contributed by atoms with Crippen molar-refractivity contribution in [1.29, 1.82) is 0 Å². The molecule has 1 aliphatic rings. The molecule has 2 amide bonds. The van der Waals surface area contributed by atoms with E-state index >= 15 is 0 Å². The minimum atomic E-state index is -0.315. The summed E-state index contributed by atoms with van der Waals surface area (Å²) in [6, 6.07) is 15.2. The first kappa shape index (κ1) is 29.0. The fraction of sp³-hybridized carbons (Fsp3) is 0.483. The van der Waals surface area contributed by atoms with Gasteiger partial charge >= 0.3 is 5.97 Å². The van der Waals surface area contributed by atoms with Crippen molar-refractivity contribution in [2.45, 2.75) is 53.5 Å². The Balaban J connectivity index is 1.65. The predicted molar refractivity (Wildman–Crippen MR) is 148 cm³/mol. The molecule has 0 unspecified atom stereocenters. The van der Waals surface area contributed by atoms with Crippen LogP contribution in [-0.2, 0) is 25.7 Å². The third-order valence-electron chi connectivity index (χ3n) is 6.03. The molecule has 38 heavy (non-hydrogen) atoms. The molecule has 0 aliphatic carbocycles. The lowest BCUT2D eigenvalue weighted by Gasteiger charge is -2.38. The molecule has 1 N–H and O–H groups in total. The Hall–Kier alpha value is -3.59. The molecule has 9 nitrogen and oxygen atoms in total. The molecule has 0 bridgehead atoms. The van der Waals surface area contributed by atoms with Gasteiger partial charge in [0.2, 0.25) is 11.8 Å². The molecule has 9 heteroatoms. The van der Waals surface area contributed by atoms with E-state index in [0.29, 0.717) is 51.4 Å². The van der Waals surface area contributed by atoms with Gasteiger partial charge in [-0.1, -0.05) is 52.0 Å². The number of carbonyl (C=O) groups is 3. The normalized spacial score (nSPS) is 13.4. The number of carbonyl (C=O) groups excluding carboxylic acids is 3. The highest BCUT2D eigenvalue weighted by Crippen LogP contribution is 2.34. The summed E-state index contributed by atoms with van der Waals surface area (Å²) in [4.78, 5) is 40.9. The number of esters is 1. The van der Waals surface area contributed by atoms with Crippen LogP contribution in [0.25, 0.3) is 0 Å². The van der Waals surface area contributed by atoms with Gasteiger partial charge in [0.15, 0.2) is 0 Å². The van der Waals surface area contributed by atoms with E-state index in [1.165, 1.54) is 0 Å². The van der Waals surface area contributed by atoms with Gasteiger partial charge < -0.3 is 14.4 Å². The van der Waals surface area contributed by atoms with Gasteiger partial charge in [-0.2, -0.15) is 0 Å². The van der Waals surface area contributed by atoms with Crippen LogP contribution in [0.4, 0.5) is 11.4 Å². The first-order chi connectivity index (χ1) is 18.1. The van der Waals surface area contributed by atoms with Crippen LogP contribution in [0.15, 0.2) is 48.5 Å². The average molecular weight is 525 g/mol. The molecule has 0 fully saturated rings. The number of anilines is 2. The monoisotopic (exact) mass is 524 g/mol. The molecule has 0 aromatic heterocycles. The van der Waals surface area contributed by atoms with Crippen LogP contribution in [-0.4, -0.2) is 56.2 Å². The van der Waals surface area contributed by atoms with Gasteiger partial charge in [0.25, 0.3) is 0 Å². The van der Waals surface area contributed by atoms with Gasteiger partial charge in [-0.15, -0.1) is 0 Å². The van der Waals surface area contributed by atoms with Crippen molar-refractivity contribution in [3.05, 3.63) is 54.1 Å². The molecule has 0 radical (unpaired) electrons. The van der Waals surface area contributed by atoms with E-state index in [1.807, 2.05) is 74.2 Å². The third-order valence-corrected chi connectivity index (χ3v) is 6.03. The third kappa shape index (κ3) is 8.48. The van der Waals surface area contributed by atoms with Crippen molar-refractivity contribution in [3.8, 4) is 5.75 Å². The standard InChI is InChI=1S/C29H40N4O5/c1-6-26(34)30-33-21-32(19-28(36)38-20-29(2,3)4)18-23-24(33)14-10-15-25(23)37-17-11-16-27(35)31(5)22-12-8-7-9-13-22/h7-10,12-15H,6,11,16-21H2,1-5H3,(H,30,34). The van der Waals surface area contributed by atoms with E-state index < -0.39 is 0 Å². The van der Waals surface area contributed by atoms with Gasteiger partial charge in [-0.3, -0.25) is 29.7 Å². The Morgan fingerprint density at radius 1 is 1.05 bits per heavy atom. The maximum Gasteiger partial charge on any atom is 0.320 e. The largest absolute Gasteiger partial charge is 0.493 e. The number of hydrazine groups is 1. The Labute approximate surface area is 225 Å². The lowest BCUT2D eigenvalue weighted by Crippen LogP contribution is -2.52. The number of hydrogen-bond donors (Lipinski definition) is 1. The molecule has 1 aliphatic heterocycles. The fourth-order valence-corrected chi connectivity index (χ4v) is 3.98. The average Bonchev–Trinajstić information content (AvgIpc) is 2.89. The summed E-state index contributed by atoms with van der Waals surface area (Å²) in [7, 11) is 1.77. The number of rotatable bonds is 11. The van der Waals surface area contributed by atoms with E-state index in [0.717, 1.165) is 16.9 Å². The number of benzene rings is 2. The van der Waals surface area contributed by atoms with E-state index in [4.69, 9.17) is 9.47 Å². The van der Waals surface area contributed by atoms with Crippen LogP contribution in [0, 0.1) is 5.41 Å². The SMILES string of the molecule is CCC(=O)NN1CN(CC(=O)OCC(C)(C)C)Cc2c(OCCCC(=O)N(C)c3ccccc3)cccc21. The zero-order chi connectivity index (χ0) is 27.7. The Kier molecular flexibility index (Phi) is 10.1. The van der Waals surface area contributed by atoms with Crippen LogP contribution in [0.3, 0.4) is 0 Å². The molecule has 0 saturated carbocycles. The summed E-state index contributed by atoms with van der Waals surface area (Å²) in [6.45, 7) is 9.40. The van der Waals surface area contributed by atoms with Crippen LogP contribution >= 0.6 is 0 Å². The first-order valence-corrected chi connectivity index (χ1v) is 13.1. The summed E-state index contributed by atoms with van der Waals surface area (Å²) in [5.74, 6) is 0.239. The summed E-state index contributed by atoms with van der Waals surface area (Å²) >= 11 is 0. The summed E-state index contributed by atoms with van der Waals surface area (Å²) in [5.41, 5.74) is 5.34. The minimum Gasteiger partial charge on any atom is -0.493 e. The Morgan fingerprint density at radius 3 is 2.47 bits per heavy atom. The van der Waals surface area contributed by atoms with Crippen LogP contribution < -0.4 is 20.1 Å². The first-order valence-electron chi connectivity index (χ1n) is 13.1. The van der Waals surface area contributed by atoms with Crippen molar-refractivity contribution >= 4 is 29.2 Å². The molecule has 206 valence electrons. The highest BCUT2D eigenvalue weighted by molar-refractivity contribution is 5.92. The van der Waals surface area contributed by atoms with E-state index in [1.54, 1.807) is 23.9 Å². The Morgan fingerprint density at radius 2 is 1.79 bits per heavy atom. The van der Waals surface area contributed by atoms with Gasteiger partial charge in [0.05, 0.1) is 32.1 Å². The van der Waals surface area contributed by atoms with Gasteiger partial charge in [-0.05, 0) is 36.1 Å². The van der Waals surface area contributed by atoms with Crippen molar-refractivity contribution in [2.75, 3.05) is 43.4 Å². The number of fused-ring (bicyclic) bond motifs is 1. The number of hydrogen-bond acceptors (Lipinski definition) is 7. The maximum atomic E-state index is 12.6. The number of ether oxygens (including phenoxy) is 2. The molecular formula is C29H40N4O5. The second-order valence-corrected chi connectivity index (χ2v) is 10.7. The number of para-hydroxylation sites is 1. The quantitative estimate of drug-likeness (QED) is 0.349. The number of nitrogens with one attached hydrogen (secondary N) is 1. The van der Waals surface area contributed by atoms with Crippen LogP contribution in [0.1, 0.15) is 52.5 Å². The minimum absolute atomic E-state index is 0.0169. The van der Waals surface area contributed by atoms with E-state index in [9.17, 15) is 14.4 Å². The maximum absolute atomic E-state index is 12.6.